The Morgan fingerprint density at radius 2 is 1.60 bits per heavy atom. The number of piperazine rings is 1. The number of anilines is 4. The summed E-state index contributed by atoms with van der Waals surface area (Å²) in [6.45, 7) is 7.41. The second-order valence-electron chi connectivity index (χ2n) is 16.2. The first-order valence-corrected chi connectivity index (χ1v) is 20.3. The second-order valence-corrected chi connectivity index (χ2v) is 16.2. The molecule has 0 unspecified atom stereocenters. The number of pyridine rings is 1. The lowest BCUT2D eigenvalue weighted by Crippen LogP contribution is -2.56. The molecule has 0 spiro atoms. The van der Waals surface area contributed by atoms with E-state index in [4.69, 9.17) is 9.97 Å². The van der Waals surface area contributed by atoms with Crippen LogP contribution in [0, 0.1) is 5.92 Å². The van der Waals surface area contributed by atoms with Crippen LogP contribution in [-0.2, 0) is 11.3 Å². The number of rotatable bonds is 9. The molecule has 1 aromatic carbocycles. The lowest BCUT2D eigenvalue weighted by Gasteiger charge is -2.40. The van der Waals surface area contributed by atoms with Crippen LogP contribution in [0.15, 0.2) is 48.8 Å². The molecule has 2 N–H and O–H groups in total. The molecule has 16 heteroatoms. The van der Waals surface area contributed by atoms with Crippen molar-refractivity contribution in [1.29, 1.82) is 0 Å². The minimum Gasteiger partial charge on any atom is -0.370 e. The molecule has 5 amide bonds. The fourth-order valence-electron chi connectivity index (χ4n) is 9.15. The molecule has 4 fully saturated rings. The number of fused-ring (bicyclic) bond motifs is 2. The van der Waals surface area contributed by atoms with Crippen molar-refractivity contribution in [3.63, 3.8) is 0 Å². The van der Waals surface area contributed by atoms with Crippen LogP contribution in [0.1, 0.15) is 77.4 Å². The summed E-state index contributed by atoms with van der Waals surface area (Å²) in [6, 6.07) is 11.7. The molecule has 4 aromatic rings. The summed E-state index contributed by atoms with van der Waals surface area (Å²) in [5, 5.41) is 9.26. The molecule has 7 heterocycles. The Morgan fingerprint density at radius 1 is 0.842 bits per heavy atom. The van der Waals surface area contributed by atoms with E-state index in [1.54, 1.807) is 25.2 Å². The van der Waals surface area contributed by atoms with E-state index in [2.05, 4.69) is 47.0 Å². The van der Waals surface area contributed by atoms with Gasteiger partial charge in [0.1, 0.15) is 17.2 Å². The normalized spacial score (nSPS) is 19.8. The summed E-state index contributed by atoms with van der Waals surface area (Å²) in [5.74, 6) is 1.24. The molecule has 1 saturated carbocycles. The third kappa shape index (κ3) is 7.33. The molecule has 9 rings (SSSR count). The van der Waals surface area contributed by atoms with E-state index >= 15 is 0 Å². The van der Waals surface area contributed by atoms with Gasteiger partial charge in [0.05, 0.1) is 25.0 Å². The number of carbonyl (C=O) groups excluding carboxylic acids is 4. The van der Waals surface area contributed by atoms with Crippen molar-refractivity contribution in [2.75, 3.05) is 81.6 Å². The summed E-state index contributed by atoms with van der Waals surface area (Å²) in [6.07, 6.45) is 10.6. The van der Waals surface area contributed by atoms with E-state index < -0.39 is 6.03 Å². The Labute approximate surface area is 331 Å². The van der Waals surface area contributed by atoms with E-state index in [1.165, 1.54) is 10.0 Å². The van der Waals surface area contributed by atoms with E-state index in [-0.39, 0.29) is 36.7 Å². The Morgan fingerprint density at radius 3 is 2.32 bits per heavy atom. The first kappa shape index (κ1) is 36.8. The van der Waals surface area contributed by atoms with Gasteiger partial charge < -0.3 is 24.6 Å². The number of urea groups is 1. The third-order valence-electron chi connectivity index (χ3n) is 12.3. The number of benzene rings is 1. The molecular weight excluding hydrogens is 725 g/mol. The van der Waals surface area contributed by atoms with Gasteiger partial charge in [-0.3, -0.25) is 24.6 Å². The molecule has 5 aliphatic rings. The lowest BCUT2D eigenvalue weighted by molar-refractivity contribution is -0.123. The monoisotopic (exact) mass is 774 g/mol. The van der Waals surface area contributed by atoms with Crippen LogP contribution in [0.5, 0.6) is 0 Å². The molecule has 0 bridgehead atoms. The molecule has 298 valence electrons. The quantitative estimate of drug-likeness (QED) is 0.251. The number of nitrogens with zero attached hydrogens (tertiary/aromatic N) is 10. The molecule has 16 nitrogen and oxygen atoms in total. The summed E-state index contributed by atoms with van der Waals surface area (Å²) in [4.78, 5) is 73.3. The largest absolute Gasteiger partial charge is 0.370 e. The van der Waals surface area contributed by atoms with E-state index in [9.17, 15) is 19.2 Å². The number of hydrazine groups is 1. The molecular formula is C41H50N12O4. The van der Waals surface area contributed by atoms with Gasteiger partial charge in [-0.15, -0.1) is 0 Å². The van der Waals surface area contributed by atoms with Crippen LogP contribution in [0.25, 0.3) is 11.0 Å². The maximum absolute atomic E-state index is 13.1. The minimum absolute atomic E-state index is 0.0232. The summed E-state index contributed by atoms with van der Waals surface area (Å²) >= 11 is 0. The highest BCUT2D eigenvalue weighted by Gasteiger charge is 2.37. The number of nitrogens with one attached hydrogen (secondary N) is 2. The molecule has 1 aliphatic carbocycles. The fraction of sp³-hybridized carbons (Fsp3) is 0.488. The van der Waals surface area contributed by atoms with Gasteiger partial charge in [-0.1, -0.05) is 12.8 Å². The van der Waals surface area contributed by atoms with Crippen molar-refractivity contribution in [2.24, 2.45) is 5.92 Å². The van der Waals surface area contributed by atoms with Gasteiger partial charge in [-0.25, -0.2) is 24.8 Å². The Kier molecular flexibility index (Phi) is 9.88. The van der Waals surface area contributed by atoms with Crippen molar-refractivity contribution < 1.29 is 19.2 Å². The van der Waals surface area contributed by atoms with Crippen molar-refractivity contribution in [2.45, 2.75) is 57.5 Å². The zero-order chi connectivity index (χ0) is 39.2. The zero-order valence-corrected chi connectivity index (χ0v) is 32.7. The molecule has 57 heavy (non-hydrogen) atoms. The van der Waals surface area contributed by atoms with Gasteiger partial charge in [-0.05, 0) is 73.6 Å². The van der Waals surface area contributed by atoms with Crippen molar-refractivity contribution >= 4 is 57.9 Å². The highest BCUT2D eigenvalue weighted by molar-refractivity contribution is 6.02. The molecule has 3 saturated heterocycles. The number of amides is 5. The Hall–Kier alpha value is -5.77. The Bertz CT molecular complexity index is 2180. The lowest BCUT2D eigenvalue weighted by atomic mass is 9.95. The summed E-state index contributed by atoms with van der Waals surface area (Å²) in [7, 11) is 3.57. The van der Waals surface area contributed by atoms with Crippen molar-refractivity contribution in [1.82, 2.24) is 44.7 Å². The number of imide groups is 1. The van der Waals surface area contributed by atoms with E-state index in [0.717, 1.165) is 112 Å². The van der Waals surface area contributed by atoms with E-state index in [0.29, 0.717) is 35.5 Å². The number of piperidine rings is 1. The van der Waals surface area contributed by atoms with Gasteiger partial charge in [0.25, 0.3) is 11.8 Å². The smallest absolute Gasteiger partial charge is 0.342 e. The van der Waals surface area contributed by atoms with E-state index in [1.807, 2.05) is 30.5 Å². The van der Waals surface area contributed by atoms with Crippen LogP contribution >= 0.6 is 0 Å². The Balaban J connectivity index is 0.755. The van der Waals surface area contributed by atoms with Gasteiger partial charge >= 0.3 is 6.03 Å². The molecule has 4 aliphatic heterocycles. The summed E-state index contributed by atoms with van der Waals surface area (Å²) in [5.41, 5.74) is 5.17. The standard InChI is InChI=1S/C41H50N12O4/c1-47(2)39(56)34-22-28-23-43-40(46-37(28)53(34)30-5-3-4-6-30)44-35-10-8-32(24-42-35)49-14-11-27(12-15-49)25-48-17-19-50(20-18-48)31-7-9-33-29(21-31)26-52(38(33)55)51-16-13-36(54)45-41(51)57/h7-10,21-24,27,30H,3-6,11-20,25-26H2,1-2H3,(H,45,54,57)(H,42,43,44,46). The average Bonchev–Trinajstić information content (AvgIpc) is 3.96. The summed E-state index contributed by atoms with van der Waals surface area (Å²) < 4.78 is 2.12. The number of hydrogen-bond donors (Lipinski definition) is 2. The predicted molar refractivity (Wildman–Crippen MR) is 215 cm³/mol. The molecule has 0 atom stereocenters. The maximum Gasteiger partial charge on any atom is 0.342 e. The average molecular weight is 775 g/mol. The van der Waals surface area contributed by atoms with Gasteiger partial charge in [0.2, 0.25) is 11.9 Å². The van der Waals surface area contributed by atoms with Crippen LogP contribution in [-0.4, -0.2) is 130 Å². The molecule has 0 radical (unpaired) electrons. The highest BCUT2D eigenvalue weighted by atomic mass is 16.2. The van der Waals surface area contributed by atoms with Gasteiger partial charge in [0.15, 0.2) is 0 Å². The first-order valence-electron chi connectivity index (χ1n) is 20.3. The van der Waals surface area contributed by atoms with Crippen LogP contribution in [0.2, 0.25) is 0 Å². The zero-order valence-electron chi connectivity index (χ0n) is 32.7. The van der Waals surface area contributed by atoms with Crippen LogP contribution < -0.4 is 20.4 Å². The predicted octanol–water partition coefficient (Wildman–Crippen LogP) is 4.24. The van der Waals surface area contributed by atoms with Gasteiger partial charge in [0, 0.05) is 95.2 Å². The van der Waals surface area contributed by atoms with Crippen molar-refractivity contribution in [3.8, 4) is 0 Å². The fourth-order valence-corrected chi connectivity index (χ4v) is 9.15. The van der Waals surface area contributed by atoms with Crippen molar-refractivity contribution in [3.05, 3.63) is 65.6 Å². The molecule has 3 aromatic heterocycles. The maximum atomic E-state index is 13.1. The van der Waals surface area contributed by atoms with Crippen LogP contribution in [0.4, 0.5) is 27.9 Å². The number of hydrogen-bond acceptors (Lipinski definition) is 11. The number of aromatic nitrogens is 4. The second kappa shape index (κ2) is 15.3. The van der Waals surface area contributed by atoms with Gasteiger partial charge in [-0.2, -0.15) is 4.98 Å². The topological polar surface area (TPSA) is 155 Å². The minimum atomic E-state index is -0.545. The number of carbonyl (C=O) groups is 4. The first-order chi connectivity index (χ1) is 27.7. The highest BCUT2D eigenvalue weighted by Crippen LogP contribution is 2.35. The third-order valence-corrected chi connectivity index (χ3v) is 12.3. The SMILES string of the molecule is CN(C)C(=O)c1cc2cnc(Nc3ccc(N4CCC(CN5CCN(c6ccc7c(c6)CN(N6CCC(=O)NC6=O)C7=O)CC5)CC4)cn3)nc2n1C1CCCC1. The van der Waals surface area contributed by atoms with Crippen LogP contribution in [0.3, 0.4) is 0 Å².